The van der Waals surface area contributed by atoms with E-state index >= 15 is 0 Å². The van der Waals surface area contributed by atoms with Gasteiger partial charge in [-0.3, -0.25) is 4.79 Å². The molecule has 1 aliphatic heterocycles. The van der Waals surface area contributed by atoms with Gasteiger partial charge in [0, 0.05) is 19.6 Å². The summed E-state index contributed by atoms with van der Waals surface area (Å²) in [5.41, 5.74) is 1.93. The Morgan fingerprint density at radius 2 is 2.00 bits per heavy atom. The lowest BCUT2D eigenvalue weighted by molar-refractivity contribution is -0.122. The summed E-state index contributed by atoms with van der Waals surface area (Å²) in [7, 11) is 0. The molecule has 5 heteroatoms. The van der Waals surface area contributed by atoms with Crippen LogP contribution in [0.25, 0.3) is 0 Å². The molecule has 3 rings (SSSR count). The molecule has 2 aromatic carbocycles. The Hall–Kier alpha value is -2.40. The van der Waals surface area contributed by atoms with Crippen LogP contribution in [0.4, 0.5) is 4.39 Å². The fraction of sp³-hybridized carbons (Fsp3) is 0.316. The van der Waals surface area contributed by atoms with Crippen molar-refractivity contribution in [1.29, 1.82) is 0 Å². The van der Waals surface area contributed by atoms with E-state index in [1.54, 1.807) is 6.07 Å². The van der Waals surface area contributed by atoms with Crippen LogP contribution < -0.4 is 15.4 Å². The van der Waals surface area contributed by atoms with Crippen LogP contribution in [0.2, 0.25) is 0 Å². The van der Waals surface area contributed by atoms with Gasteiger partial charge < -0.3 is 15.4 Å². The molecule has 1 aliphatic rings. The number of halogens is 1. The highest BCUT2D eigenvalue weighted by Gasteiger charge is 2.22. The second-order valence-corrected chi connectivity index (χ2v) is 5.97. The van der Waals surface area contributed by atoms with Crippen molar-refractivity contribution in [3.05, 3.63) is 65.5 Å². The first-order valence-corrected chi connectivity index (χ1v) is 8.15. The van der Waals surface area contributed by atoms with Crippen molar-refractivity contribution in [3.63, 3.8) is 0 Å². The van der Waals surface area contributed by atoms with E-state index in [9.17, 15) is 9.18 Å². The van der Waals surface area contributed by atoms with Crippen molar-refractivity contribution in [2.45, 2.75) is 19.6 Å². The van der Waals surface area contributed by atoms with E-state index in [0.717, 1.165) is 29.8 Å². The number of amides is 1. The van der Waals surface area contributed by atoms with Crippen molar-refractivity contribution in [3.8, 4) is 5.75 Å². The van der Waals surface area contributed by atoms with Crippen LogP contribution in [-0.4, -0.2) is 19.0 Å². The number of benzene rings is 2. The minimum atomic E-state index is -0.256. The molecule has 4 nitrogen and oxygen atoms in total. The number of rotatable bonds is 7. The molecule has 1 heterocycles. The first kappa shape index (κ1) is 16.5. The minimum absolute atomic E-state index is 0.0823. The third-order valence-electron chi connectivity index (χ3n) is 4.10. The lowest BCUT2D eigenvalue weighted by Crippen LogP contribution is -2.28. The van der Waals surface area contributed by atoms with Gasteiger partial charge in [0.2, 0.25) is 5.91 Å². The molecule has 1 fully saturated rings. The van der Waals surface area contributed by atoms with Gasteiger partial charge in [0.05, 0.1) is 5.92 Å². The molecule has 126 valence electrons. The Kier molecular flexibility index (Phi) is 5.43. The van der Waals surface area contributed by atoms with E-state index in [0.29, 0.717) is 19.7 Å². The van der Waals surface area contributed by atoms with Crippen molar-refractivity contribution in [2.75, 3.05) is 13.1 Å². The van der Waals surface area contributed by atoms with Gasteiger partial charge in [-0.1, -0.05) is 24.3 Å². The summed E-state index contributed by atoms with van der Waals surface area (Å²) < 4.78 is 18.8. The second-order valence-electron chi connectivity index (χ2n) is 5.97. The van der Waals surface area contributed by atoms with E-state index in [1.807, 2.05) is 30.3 Å². The van der Waals surface area contributed by atoms with Gasteiger partial charge in [-0.2, -0.15) is 0 Å². The Labute approximate surface area is 141 Å². The van der Waals surface area contributed by atoms with Gasteiger partial charge in [-0.05, 0) is 41.8 Å². The molecule has 0 saturated carbocycles. The second kappa shape index (κ2) is 7.93. The van der Waals surface area contributed by atoms with Gasteiger partial charge in [0.25, 0.3) is 0 Å². The highest BCUT2D eigenvalue weighted by molar-refractivity contribution is 5.80. The zero-order chi connectivity index (χ0) is 16.8. The molecule has 1 amide bonds. The van der Waals surface area contributed by atoms with Crippen LogP contribution in [0.5, 0.6) is 5.75 Å². The third kappa shape index (κ3) is 4.55. The average Bonchev–Trinajstić information content (AvgIpc) is 2.99. The van der Waals surface area contributed by atoms with Crippen LogP contribution in [0.3, 0.4) is 0 Å². The van der Waals surface area contributed by atoms with E-state index in [1.165, 1.54) is 12.1 Å². The van der Waals surface area contributed by atoms with Crippen LogP contribution in [0.1, 0.15) is 17.5 Å². The van der Waals surface area contributed by atoms with Crippen molar-refractivity contribution in [1.82, 2.24) is 10.6 Å². The molecule has 0 aliphatic carbocycles. The predicted molar refractivity (Wildman–Crippen MR) is 90.0 cm³/mol. The average molecular weight is 328 g/mol. The van der Waals surface area contributed by atoms with Gasteiger partial charge in [-0.15, -0.1) is 0 Å². The summed E-state index contributed by atoms with van der Waals surface area (Å²) >= 11 is 0. The molecule has 2 aromatic rings. The highest BCUT2D eigenvalue weighted by Crippen LogP contribution is 2.15. The van der Waals surface area contributed by atoms with E-state index < -0.39 is 0 Å². The Bertz CT molecular complexity index is 688. The molecule has 1 saturated heterocycles. The SMILES string of the molecule is O=C1NCC[C@H]1CNCc1ccc(OCc2cccc(F)c2)cc1. The zero-order valence-corrected chi connectivity index (χ0v) is 13.4. The molecule has 0 bridgehead atoms. The number of hydrogen-bond acceptors (Lipinski definition) is 3. The molecule has 0 unspecified atom stereocenters. The summed E-state index contributed by atoms with van der Waals surface area (Å²) in [6, 6.07) is 14.2. The maximum Gasteiger partial charge on any atom is 0.224 e. The van der Waals surface area contributed by atoms with Crippen molar-refractivity contribution >= 4 is 5.91 Å². The number of nitrogens with one attached hydrogen (secondary N) is 2. The Morgan fingerprint density at radius 3 is 2.71 bits per heavy atom. The standard InChI is InChI=1S/C19H21FN2O2/c20-17-3-1-2-15(10-17)13-24-18-6-4-14(5-7-18)11-21-12-16-8-9-22-19(16)23/h1-7,10,16,21H,8-9,11-13H2,(H,22,23)/t16-/m0/s1. The van der Waals surface area contributed by atoms with Gasteiger partial charge in [0.15, 0.2) is 0 Å². The maximum absolute atomic E-state index is 13.1. The summed E-state index contributed by atoms with van der Waals surface area (Å²) in [4.78, 5) is 11.5. The lowest BCUT2D eigenvalue weighted by Gasteiger charge is -2.10. The highest BCUT2D eigenvalue weighted by atomic mass is 19.1. The summed E-state index contributed by atoms with van der Waals surface area (Å²) in [6.45, 7) is 2.53. The molecule has 2 N–H and O–H groups in total. The van der Waals surface area contributed by atoms with Crippen LogP contribution in [0.15, 0.2) is 48.5 Å². The molecule has 24 heavy (non-hydrogen) atoms. The number of carbonyl (C=O) groups is 1. The Balaban J connectivity index is 1.44. The number of ether oxygens (including phenoxy) is 1. The summed E-state index contributed by atoms with van der Waals surface area (Å²) in [5, 5.41) is 6.15. The molecule has 0 radical (unpaired) electrons. The molecular formula is C19H21FN2O2. The van der Waals surface area contributed by atoms with Crippen LogP contribution >= 0.6 is 0 Å². The summed E-state index contributed by atoms with van der Waals surface area (Å²) in [6.07, 6.45) is 0.901. The van der Waals surface area contributed by atoms with Crippen LogP contribution in [-0.2, 0) is 17.9 Å². The summed E-state index contributed by atoms with van der Waals surface area (Å²) in [5.74, 6) is 0.717. The monoisotopic (exact) mass is 328 g/mol. The molecule has 1 atom stereocenters. The van der Waals surface area contributed by atoms with Gasteiger partial charge in [-0.25, -0.2) is 4.39 Å². The van der Waals surface area contributed by atoms with Gasteiger partial charge >= 0.3 is 0 Å². The number of carbonyl (C=O) groups excluding carboxylic acids is 1. The van der Waals surface area contributed by atoms with Gasteiger partial charge in [0.1, 0.15) is 18.2 Å². The first-order chi connectivity index (χ1) is 11.7. The number of hydrogen-bond donors (Lipinski definition) is 2. The largest absolute Gasteiger partial charge is 0.489 e. The maximum atomic E-state index is 13.1. The topological polar surface area (TPSA) is 50.4 Å². The molecule has 0 aromatic heterocycles. The normalized spacial score (nSPS) is 16.9. The fourth-order valence-electron chi connectivity index (χ4n) is 2.73. The fourth-order valence-corrected chi connectivity index (χ4v) is 2.73. The molecular weight excluding hydrogens is 307 g/mol. The van der Waals surface area contributed by atoms with E-state index in [4.69, 9.17) is 4.74 Å². The Morgan fingerprint density at radius 1 is 1.17 bits per heavy atom. The predicted octanol–water partition coefficient (Wildman–Crippen LogP) is 2.63. The lowest BCUT2D eigenvalue weighted by atomic mass is 10.1. The zero-order valence-electron chi connectivity index (χ0n) is 13.4. The molecule has 0 spiro atoms. The quantitative estimate of drug-likeness (QED) is 0.821. The smallest absolute Gasteiger partial charge is 0.224 e. The van der Waals surface area contributed by atoms with E-state index in [-0.39, 0.29) is 17.6 Å². The van der Waals surface area contributed by atoms with Crippen LogP contribution in [0, 0.1) is 11.7 Å². The van der Waals surface area contributed by atoms with Crippen molar-refractivity contribution < 1.29 is 13.9 Å². The minimum Gasteiger partial charge on any atom is -0.489 e. The third-order valence-corrected chi connectivity index (χ3v) is 4.10. The first-order valence-electron chi connectivity index (χ1n) is 8.15. The van der Waals surface area contributed by atoms with Crippen molar-refractivity contribution in [2.24, 2.45) is 5.92 Å². The van der Waals surface area contributed by atoms with E-state index in [2.05, 4.69) is 10.6 Å².